The van der Waals surface area contributed by atoms with Crippen molar-refractivity contribution >= 4 is 21.6 Å². The van der Waals surface area contributed by atoms with Crippen LogP contribution < -0.4 is 4.72 Å². The number of rotatable bonds is 4. The third-order valence-electron chi connectivity index (χ3n) is 3.07. The number of halogens is 1. The van der Waals surface area contributed by atoms with Crippen LogP contribution in [0, 0.1) is 0 Å². The van der Waals surface area contributed by atoms with Crippen molar-refractivity contribution in [3.63, 3.8) is 0 Å². The van der Waals surface area contributed by atoms with E-state index in [1.807, 2.05) is 0 Å². The van der Waals surface area contributed by atoms with Crippen molar-refractivity contribution in [2.45, 2.75) is 36.3 Å². The van der Waals surface area contributed by atoms with Crippen LogP contribution in [0.5, 0.6) is 0 Å². The van der Waals surface area contributed by atoms with Gasteiger partial charge in [0.1, 0.15) is 10.0 Å². The summed E-state index contributed by atoms with van der Waals surface area (Å²) in [6, 6.07) is 2.73. The number of aromatic nitrogens is 1. The van der Waals surface area contributed by atoms with E-state index in [9.17, 15) is 8.42 Å². The molecule has 2 rings (SSSR count). The molecule has 0 spiro atoms. The molecule has 1 aromatic rings. The molecule has 5 nitrogen and oxygen atoms in total. The van der Waals surface area contributed by atoms with E-state index in [1.54, 1.807) is 7.11 Å². The summed E-state index contributed by atoms with van der Waals surface area (Å²) in [6.07, 6.45) is 3.83. The van der Waals surface area contributed by atoms with Gasteiger partial charge in [-0.15, -0.1) is 0 Å². The molecule has 1 heterocycles. The topological polar surface area (TPSA) is 68.3 Å². The molecule has 0 bridgehead atoms. The lowest BCUT2D eigenvalue weighted by Crippen LogP contribution is -2.40. The molecule has 0 saturated heterocycles. The number of nitrogens with one attached hydrogen (secondary N) is 1. The van der Waals surface area contributed by atoms with Gasteiger partial charge in [-0.2, -0.15) is 0 Å². The molecule has 7 heteroatoms. The van der Waals surface area contributed by atoms with Gasteiger partial charge >= 0.3 is 0 Å². The maximum absolute atomic E-state index is 12.1. The van der Waals surface area contributed by atoms with Crippen LogP contribution in [0.1, 0.15) is 19.3 Å². The quantitative estimate of drug-likeness (QED) is 0.855. The Morgan fingerprint density at radius 2 is 2.22 bits per heavy atom. The number of pyridine rings is 1. The monoisotopic (exact) mass is 290 g/mol. The molecular weight excluding hydrogens is 276 g/mol. The summed E-state index contributed by atoms with van der Waals surface area (Å²) in [5.41, 5.74) is 0. The summed E-state index contributed by atoms with van der Waals surface area (Å²) in [4.78, 5) is 3.89. The second-order valence-electron chi connectivity index (χ2n) is 4.25. The van der Waals surface area contributed by atoms with E-state index in [-0.39, 0.29) is 22.2 Å². The average molecular weight is 291 g/mol. The minimum Gasteiger partial charge on any atom is -0.380 e. The molecule has 2 atom stereocenters. The molecule has 1 saturated carbocycles. The van der Waals surface area contributed by atoms with E-state index < -0.39 is 10.0 Å². The van der Waals surface area contributed by atoms with Crippen LogP contribution in [-0.4, -0.2) is 32.7 Å². The molecule has 1 aliphatic rings. The van der Waals surface area contributed by atoms with Crippen molar-refractivity contribution in [3.05, 3.63) is 23.5 Å². The van der Waals surface area contributed by atoms with E-state index in [0.29, 0.717) is 0 Å². The van der Waals surface area contributed by atoms with Crippen molar-refractivity contribution in [1.82, 2.24) is 9.71 Å². The Balaban J connectivity index is 2.14. The van der Waals surface area contributed by atoms with E-state index in [1.165, 1.54) is 18.3 Å². The van der Waals surface area contributed by atoms with Gasteiger partial charge in [-0.1, -0.05) is 11.6 Å². The van der Waals surface area contributed by atoms with Crippen LogP contribution in [0.3, 0.4) is 0 Å². The number of hydrogen-bond donors (Lipinski definition) is 1. The van der Waals surface area contributed by atoms with Crippen molar-refractivity contribution in [2.75, 3.05) is 7.11 Å². The minimum atomic E-state index is -3.55. The van der Waals surface area contributed by atoms with Crippen molar-refractivity contribution in [1.29, 1.82) is 0 Å². The predicted molar refractivity (Wildman–Crippen MR) is 68.0 cm³/mol. The highest BCUT2D eigenvalue weighted by molar-refractivity contribution is 7.89. The summed E-state index contributed by atoms with van der Waals surface area (Å²) < 4.78 is 32.1. The molecule has 18 heavy (non-hydrogen) atoms. The summed E-state index contributed by atoms with van der Waals surface area (Å²) in [5.74, 6) is 0. The first kappa shape index (κ1) is 13.7. The number of sulfonamides is 1. The van der Waals surface area contributed by atoms with Crippen LogP contribution in [0.2, 0.25) is 5.15 Å². The zero-order chi connectivity index (χ0) is 13.2. The van der Waals surface area contributed by atoms with Gasteiger partial charge in [0, 0.05) is 19.3 Å². The number of nitrogens with zero attached hydrogens (tertiary/aromatic N) is 1. The fraction of sp³-hybridized carbons (Fsp3) is 0.545. The van der Waals surface area contributed by atoms with Crippen LogP contribution in [0.15, 0.2) is 23.2 Å². The molecule has 0 aliphatic heterocycles. The Morgan fingerprint density at radius 1 is 1.44 bits per heavy atom. The first-order valence-corrected chi connectivity index (χ1v) is 7.56. The smallest absolute Gasteiger partial charge is 0.242 e. The van der Waals surface area contributed by atoms with Crippen LogP contribution in [0.25, 0.3) is 0 Å². The standard InChI is InChI=1S/C11H15ClN2O3S/c1-17-10-4-2-3-9(10)14-18(15,16)8-5-6-11(12)13-7-8/h5-7,9-10,14H,2-4H2,1H3. The van der Waals surface area contributed by atoms with Gasteiger partial charge in [0.2, 0.25) is 10.0 Å². The lowest BCUT2D eigenvalue weighted by Gasteiger charge is -2.19. The molecule has 1 aliphatic carbocycles. The van der Waals surface area contributed by atoms with E-state index in [0.717, 1.165) is 19.3 Å². The van der Waals surface area contributed by atoms with Crippen LogP contribution in [-0.2, 0) is 14.8 Å². The van der Waals surface area contributed by atoms with Gasteiger partial charge in [0.15, 0.2) is 0 Å². The third-order valence-corrected chi connectivity index (χ3v) is 4.77. The highest BCUT2D eigenvalue weighted by Crippen LogP contribution is 2.23. The summed E-state index contributed by atoms with van der Waals surface area (Å²) in [5, 5.41) is 0.268. The Bertz CT molecular complexity index is 504. The second kappa shape index (κ2) is 5.52. The molecule has 1 aromatic heterocycles. The van der Waals surface area contributed by atoms with E-state index >= 15 is 0 Å². The molecule has 0 aromatic carbocycles. The van der Waals surface area contributed by atoms with Crippen molar-refractivity contribution in [2.24, 2.45) is 0 Å². The highest BCUT2D eigenvalue weighted by atomic mass is 35.5. The first-order chi connectivity index (χ1) is 8.53. The Labute approximate surface area is 112 Å². The third kappa shape index (κ3) is 3.00. The summed E-state index contributed by atoms with van der Waals surface area (Å²) >= 11 is 5.63. The maximum Gasteiger partial charge on any atom is 0.242 e. The lowest BCUT2D eigenvalue weighted by atomic mass is 10.2. The highest BCUT2D eigenvalue weighted by Gasteiger charge is 2.31. The number of hydrogen-bond acceptors (Lipinski definition) is 4. The normalized spacial score (nSPS) is 24.3. The molecule has 0 radical (unpaired) electrons. The van der Waals surface area contributed by atoms with Gasteiger partial charge in [-0.25, -0.2) is 18.1 Å². The van der Waals surface area contributed by atoms with Gasteiger partial charge in [-0.05, 0) is 31.4 Å². The molecule has 1 fully saturated rings. The maximum atomic E-state index is 12.1. The van der Waals surface area contributed by atoms with Gasteiger partial charge < -0.3 is 4.74 Å². The number of methoxy groups -OCH3 is 1. The lowest BCUT2D eigenvalue weighted by molar-refractivity contribution is 0.0916. The Hall–Kier alpha value is -0.690. The zero-order valence-corrected chi connectivity index (χ0v) is 11.5. The van der Waals surface area contributed by atoms with E-state index in [2.05, 4.69) is 9.71 Å². The van der Waals surface area contributed by atoms with Crippen molar-refractivity contribution < 1.29 is 13.2 Å². The van der Waals surface area contributed by atoms with Gasteiger partial charge in [0.25, 0.3) is 0 Å². The Kier molecular flexibility index (Phi) is 4.21. The number of ether oxygens (including phenoxy) is 1. The summed E-state index contributed by atoms with van der Waals surface area (Å²) in [7, 11) is -1.96. The summed E-state index contributed by atoms with van der Waals surface area (Å²) in [6.45, 7) is 0. The second-order valence-corrected chi connectivity index (χ2v) is 6.35. The minimum absolute atomic E-state index is 0.0555. The van der Waals surface area contributed by atoms with Gasteiger partial charge in [-0.3, -0.25) is 0 Å². The first-order valence-electron chi connectivity index (χ1n) is 5.69. The van der Waals surface area contributed by atoms with Gasteiger partial charge in [0.05, 0.1) is 6.10 Å². The molecule has 1 N–H and O–H groups in total. The van der Waals surface area contributed by atoms with Crippen LogP contribution in [0.4, 0.5) is 0 Å². The van der Waals surface area contributed by atoms with E-state index in [4.69, 9.17) is 16.3 Å². The fourth-order valence-electron chi connectivity index (χ4n) is 2.13. The average Bonchev–Trinajstić information content (AvgIpc) is 2.76. The zero-order valence-electron chi connectivity index (χ0n) is 9.97. The van der Waals surface area contributed by atoms with Crippen molar-refractivity contribution in [3.8, 4) is 0 Å². The SMILES string of the molecule is COC1CCCC1NS(=O)(=O)c1ccc(Cl)nc1. The Morgan fingerprint density at radius 3 is 2.83 bits per heavy atom. The predicted octanol–water partition coefficient (Wildman–Crippen LogP) is 1.58. The molecule has 0 amide bonds. The fourth-order valence-corrected chi connectivity index (χ4v) is 3.49. The largest absolute Gasteiger partial charge is 0.380 e. The molecule has 2 unspecified atom stereocenters. The van der Waals surface area contributed by atoms with Crippen LogP contribution >= 0.6 is 11.6 Å². The molecule has 100 valence electrons. The molecular formula is C11H15ClN2O3S.